The third-order valence-corrected chi connectivity index (χ3v) is 2.44. The van der Waals surface area contributed by atoms with Crippen LogP contribution < -0.4 is 4.98 Å². The lowest BCUT2D eigenvalue weighted by Crippen LogP contribution is -2.05. The molecule has 0 aliphatic rings. The summed E-state index contributed by atoms with van der Waals surface area (Å²) in [5.74, 6) is 0. The van der Waals surface area contributed by atoms with Crippen molar-refractivity contribution in [2.24, 2.45) is 0 Å². The standard InChI is InChI=1S/C7H10NP/c1-3-7-8-5-4-6(2)9-7/h4-5H,3H2,1-2H3/p+1. The van der Waals surface area contributed by atoms with E-state index in [0.717, 1.165) is 6.42 Å². The molecular weight excluding hydrogens is 129 g/mol. The first-order valence-corrected chi connectivity index (χ1v) is 4.06. The van der Waals surface area contributed by atoms with E-state index in [9.17, 15) is 0 Å². The van der Waals surface area contributed by atoms with Crippen molar-refractivity contribution < 1.29 is 4.98 Å². The van der Waals surface area contributed by atoms with Crippen LogP contribution in [0, 0.1) is 6.92 Å². The number of nitrogens with one attached hydrogen (secondary N) is 1. The van der Waals surface area contributed by atoms with E-state index in [4.69, 9.17) is 0 Å². The van der Waals surface area contributed by atoms with Gasteiger partial charge < -0.3 is 0 Å². The Balaban J connectivity index is 2.94. The topological polar surface area (TPSA) is 14.1 Å². The van der Waals surface area contributed by atoms with Gasteiger partial charge in [-0.3, -0.25) is 0 Å². The minimum absolute atomic E-state index is 1.13. The fourth-order valence-electron chi connectivity index (χ4n) is 0.722. The van der Waals surface area contributed by atoms with Gasteiger partial charge in [-0.1, -0.05) is 6.92 Å². The predicted molar refractivity (Wildman–Crippen MR) is 39.6 cm³/mol. The van der Waals surface area contributed by atoms with Crippen LogP contribution in [-0.4, -0.2) is 0 Å². The molecule has 0 bridgehead atoms. The van der Waals surface area contributed by atoms with Crippen LogP contribution in [0.2, 0.25) is 0 Å². The van der Waals surface area contributed by atoms with Gasteiger partial charge in [0, 0.05) is 20.7 Å². The Morgan fingerprint density at radius 2 is 2.44 bits per heavy atom. The quantitative estimate of drug-likeness (QED) is 0.566. The molecule has 0 atom stereocenters. The monoisotopic (exact) mass is 140 g/mol. The van der Waals surface area contributed by atoms with Crippen LogP contribution in [0.1, 0.15) is 17.6 Å². The van der Waals surface area contributed by atoms with Gasteiger partial charge in [0.25, 0.3) is 0 Å². The van der Waals surface area contributed by atoms with Gasteiger partial charge in [-0.05, 0) is 12.2 Å². The Morgan fingerprint density at radius 1 is 1.67 bits per heavy atom. The molecule has 1 aromatic rings. The first-order chi connectivity index (χ1) is 4.33. The van der Waals surface area contributed by atoms with Crippen LogP contribution in [-0.2, 0) is 6.42 Å². The second-order valence-corrected chi connectivity index (χ2v) is 3.50. The molecule has 9 heavy (non-hydrogen) atoms. The zero-order valence-corrected chi connectivity index (χ0v) is 6.70. The van der Waals surface area contributed by atoms with Gasteiger partial charge in [0.2, 0.25) is 5.43 Å². The second kappa shape index (κ2) is 2.93. The summed E-state index contributed by atoms with van der Waals surface area (Å²) in [5, 5.41) is 1.42. The van der Waals surface area contributed by atoms with E-state index in [0.29, 0.717) is 0 Å². The molecule has 0 spiro atoms. The van der Waals surface area contributed by atoms with Crippen LogP contribution in [0.5, 0.6) is 0 Å². The van der Waals surface area contributed by atoms with Crippen LogP contribution >= 0.6 is 8.19 Å². The number of aryl methyl sites for hydroxylation is 2. The van der Waals surface area contributed by atoms with Crippen molar-refractivity contribution in [1.82, 2.24) is 0 Å². The summed E-state index contributed by atoms with van der Waals surface area (Å²) in [7, 11) is 1.36. The van der Waals surface area contributed by atoms with Crippen molar-refractivity contribution in [3.63, 3.8) is 0 Å². The highest BCUT2D eigenvalue weighted by atomic mass is 31.0. The number of rotatable bonds is 1. The number of aromatic amines is 1. The molecule has 0 aliphatic heterocycles. The van der Waals surface area contributed by atoms with E-state index < -0.39 is 0 Å². The Morgan fingerprint density at radius 3 is 2.89 bits per heavy atom. The van der Waals surface area contributed by atoms with E-state index in [1.807, 2.05) is 6.20 Å². The second-order valence-electron chi connectivity index (χ2n) is 2.03. The van der Waals surface area contributed by atoms with Crippen LogP contribution in [0.4, 0.5) is 0 Å². The van der Waals surface area contributed by atoms with Crippen molar-refractivity contribution in [2.45, 2.75) is 20.3 Å². The van der Waals surface area contributed by atoms with Crippen molar-refractivity contribution in [3.05, 3.63) is 23.0 Å². The van der Waals surface area contributed by atoms with Crippen molar-refractivity contribution in [3.8, 4) is 0 Å². The molecule has 0 aliphatic carbocycles. The molecule has 0 saturated heterocycles. The van der Waals surface area contributed by atoms with Gasteiger partial charge in [-0.15, -0.1) is 0 Å². The number of hydrogen-bond donors (Lipinski definition) is 0. The maximum absolute atomic E-state index is 3.20. The first kappa shape index (κ1) is 6.70. The van der Waals surface area contributed by atoms with Crippen LogP contribution in [0.25, 0.3) is 0 Å². The summed E-state index contributed by atoms with van der Waals surface area (Å²) in [6, 6.07) is 2.11. The van der Waals surface area contributed by atoms with Gasteiger partial charge in [-0.25, -0.2) is 4.98 Å². The molecule has 1 nitrogen and oxygen atoms in total. The highest BCUT2D eigenvalue weighted by Gasteiger charge is 1.95. The lowest BCUT2D eigenvalue weighted by atomic mass is 10.5. The van der Waals surface area contributed by atoms with E-state index >= 15 is 0 Å². The van der Waals surface area contributed by atoms with Gasteiger partial charge in [-0.2, -0.15) is 0 Å². The fourth-order valence-corrected chi connectivity index (χ4v) is 1.59. The Bertz CT molecular complexity index is 198. The van der Waals surface area contributed by atoms with Gasteiger partial charge in [0.15, 0.2) is 6.20 Å². The molecule has 1 aromatic heterocycles. The smallest absolute Gasteiger partial charge is 0.204 e. The lowest BCUT2D eigenvalue weighted by Gasteiger charge is -1.86. The molecule has 48 valence electrons. The highest BCUT2D eigenvalue weighted by Crippen LogP contribution is 2.12. The molecule has 2 heteroatoms. The molecule has 1 heterocycles. The minimum atomic E-state index is 1.13. The Hall–Kier alpha value is -0.420. The number of H-pyrrole nitrogens is 1. The molecule has 0 fully saturated rings. The summed E-state index contributed by atoms with van der Waals surface area (Å²) in [5.41, 5.74) is 1.40. The molecule has 0 saturated carbocycles. The summed E-state index contributed by atoms with van der Waals surface area (Å²) in [6.45, 7) is 4.32. The Labute approximate surface area is 57.2 Å². The molecule has 0 aromatic carbocycles. The molecule has 1 N–H and O–H groups in total. The summed E-state index contributed by atoms with van der Waals surface area (Å²) in [4.78, 5) is 3.20. The van der Waals surface area contributed by atoms with Crippen molar-refractivity contribution in [2.75, 3.05) is 0 Å². The minimum Gasteiger partial charge on any atom is -0.211 e. The number of aromatic nitrogens is 1. The lowest BCUT2D eigenvalue weighted by molar-refractivity contribution is -0.384. The van der Waals surface area contributed by atoms with Gasteiger partial charge in [0.05, 0.1) is 0 Å². The molecule has 1 rings (SSSR count). The zero-order chi connectivity index (χ0) is 6.69. The fraction of sp³-hybridized carbons (Fsp3) is 0.429. The van der Waals surface area contributed by atoms with Gasteiger partial charge >= 0.3 is 0 Å². The average molecular weight is 140 g/mol. The van der Waals surface area contributed by atoms with E-state index in [2.05, 4.69) is 24.9 Å². The molecule has 0 unspecified atom stereocenters. The van der Waals surface area contributed by atoms with E-state index in [1.165, 1.54) is 18.9 Å². The van der Waals surface area contributed by atoms with Crippen LogP contribution in [0.15, 0.2) is 12.3 Å². The van der Waals surface area contributed by atoms with Crippen LogP contribution in [0.3, 0.4) is 0 Å². The van der Waals surface area contributed by atoms with E-state index in [-0.39, 0.29) is 0 Å². The number of hydrogen-bond acceptors (Lipinski definition) is 0. The third kappa shape index (κ3) is 1.76. The molecule has 0 radical (unpaired) electrons. The summed E-state index contributed by atoms with van der Waals surface area (Å²) < 4.78 is 0. The molecular formula is C7H11NP+. The normalized spacial score (nSPS) is 10.4. The SMILES string of the molecule is CCc1[nH+]ccc(C)p1. The van der Waals surface area contributed by atoms with Crippen molar-refractivity contribution in [1.29, 1.82) is 0 Å². The summed E-state index contributed by atoms with van der Waals surface area (Å²) >= 11 is 0. The van der Waals surface area contributed by atoms with E-state index in [1.54, 1.807) is 0 Å². The zero-order valence-electron chi connectivity index (χ0n) is 5.81. The predicted octanol–water partition coefficient (Wildman–Crippen LogP) is 1.95. The van der Waals surface area contributed by atoms with Crippen molar-refractivity contribution >= 4 is 8.19 Å². The van der Waals surface area contributed by atoms with Gasteiger partial charge in [0.1, 0.15) is 0 Å². The maximum Gasteiger partial charge on any atom is 0.204 e. The largest absolute Gasteiger partial charge is 0.211 e. The first-order valence-electron chi connectivity index (χ1n) is 3.17. The summed E-state index contributed by atoms with van der Waals surface area (Å²) in [6.07, 6.45) is 3.13. The maximum atomic E-state index is 3.20. The average Bonchev–Trinajstić information content (AvgIpc) is 1.88. The third-order valence-electron chi connectivity index (χ3n) is 1.22. The highest BCUT2D eigenvalue weighted by molar-refractivity contribution is 7.31. The molecule has 0 amide bonds. The Kier molecular flexibility index (Phi) is 2.18.